The van der Waals surface area contributed by atoms with Gasteiger partial charge in [-0.1, -0.05) is 36.1 Å². The fraction of sp³-hybridized carbons (Fsp3) is 0.429. The van der Waals surface area contributed by atoms with Gasteiger partial charge in [0.2, 0.25) is 5.13 Å². The first kappa shape index (κ1) is 15.9. The molecule has 114 valence electrons. The van der Waals surface area contributed by atoms with E-state index < -0.39 is 0 Å². The number of nitrogens with zero attached hydrogens (tertiary/aromatic N) is 2. The Balaban J connectivity index is 1.87. The van der Waals surface area contributed by atoms with E-state index in [1.807, 2.05) is 18.2 Å². The summed E-state index contributed by atoms with van der Waals surface area (Å²) < 4.78 is 11.5. The van der Waals surface area contributed by atoms with Gasteiger partial charge in [0.05, 0.1) is 14.2 Å². The molecule has 0 spiro atoms. The van der Waals surface area contributed by atoms with Crippen molar-refractivity contribution in [1.29, 1.82) is 0 Å². The topological polar surface area (TPSA) is 56.3 Å². The number of hydrogen-bond acceptors (Lipinski definition) is 7. The molecule has 0 aliphatic rings. The summed E-state index contributed by atoms with van der Waals surface area (Å²) in [6.07, 6.45) is 0.885. The number of hydrogen-bond donors (Lipinski definition) is 1. The third kappa shape index (κ3) is 4.50. The van der Waals surface area contributed by atoms with Crippen LogP contribution in [0.1, 0.15) is 12.5 Å². The van der Waals surface area contributed by atoms with Gasteiger partial charge in [-0.05, 0) is 29.9 Å². The molecule has 1 heterocycles. The van der Waals surface area contributed by atoms with Gasteiger partial charge in [0.1, 0.15) is 0 Å². The number of anilines is 1. The Morgan fingerprint density at radius 2 is 2.00 bits per heavy atom. The molecule has 0 saturated heterocycles. The second kappa shape index (κ2) is 8.09. The summed E-state index contributed by atoms with van der Waals surface area (Å²) >= 11 is 3.30. The van der Waals surface area contributed by atoms with E-state index >= 15 is 0 Å². The van der Waals surface area contributed by atoms with Crippen LogP contribution in [0.2, 0.25) is 0 Å². The molecule has 0 bridgehead atoms. The zero-order chi connectivity index (χ0) is 15.1. The lowest BCUT2D eigenvalue weighted by atomic mass is 10.1. The molecule has 5 nitrogen and oxygen atoms in total. The van der Waals surface area contributed by atoms with Crippen molar-refractivity contribution in [3.8, 4) is 11.5 Å². The smallest absolute Gasteiger partial charge is 0.206 e. The van der Waals surface area contributed by atoms with E-state index in [9.17, 15) is 0 Å². The number of ether oxygens (including phenoxy) is 2. The average molecular weight is 325 g/mol. The zero-order valence-corrected chi connectivity index (χ0v) is 14.0. The van der Waals surface area contributed by atoms with E-state index in [-0.39, 0.29) is 0 Å². The van der Waals surface area contributed by atoms with Crippen LogP contribution in [0.15, 0.2) is 22.5 Å². The van der Waals surface area contributed by atoms with Gasteiger partial charge in [0, 0.05) is 6.54 Å². The van der Waals surface area contributed by atoms with Crippen molar-refractivity contribution >= 4 is 28.2 Å². The Kier molecular flexibility index (Phi) is 6.13. The highest BCUT2D eigenvalue weighted by molar-refractivity contribution is 8.01. The zero-order valence-electron chi connectivity index (χ0n) is 12.4. The van der Waals surface area contributed by atoms with Crippen LogP contribution in [0, 0.1) is 0 Å². The van der Waals surface area contributed by atoms with Gasteiger partial charge in [-0.3, -0.25) is 0 Å². The predicted molar refractivity (Wildman–Crippen MR) is 88.0 cm³/mol. The van der Waals surface area contributed by atoms with Gasteiger partial charge in [0.25, 0.3) is 0 Å². The minimum atomic E-state index is 0.750. The molecule has 21 heavy (non-hydrogen) atoms. The summed E-state index contributed by atoms with van der Waals surface area (Å²) in [5.74, 6) is 2.52. The lowest BCUT2D eigenvalue weighted by Crippen LogP contribution is -2.04. The van der Waals surface area contributed by atoms with Crippen LogP contribution >= 0.6 is 23.1 Å². The van der Waals surface area contributed by atoms with Crippen molar-refractivity contribution in [3.05, 3.63) is 23.8 Å². The highest BCUT2D eigenvalue weighted by atomic mass is 32.2. The van der Waals surface area contributed by atoms with Crippen molar-refractivity contribution in [3.63, 3.8) is 0 Å². The number of methoxy groups -OCH3 is 2. The molecule has 2 aromatic rings. The van der Waals surface area contributed by atoms with Gasteiger partial charge in [0.15, 0.2) is 15.8 Å². The van der Waals surface area contributed by atoms with Gasteiger partial charge < -0.3 is 14.8 Å². The number of thioether (sulfide) groups is 1. The van der Waals surface area contributed by atoms with E-state index in [2.05, 4.69) is 22.4 Å². The standard InChI is InChI=1S/C14H19N3O2S2/c1-4-20-14-17-16-13(21-14)15-8-7-10-5-6-11(18-2)12(9-10)19-3/h5-6,9H,4,7-8H2,1-3H3,(H,15,16). The van der Waals surface area contributed by atoms with Crippen molar-refractivity contribution in [2.45, 2.75) is 17.7 Å². The number of nitrogens with one attached hydrogen (secondary N) is 1. The van der Waals surface area contributed by atoms with Gasteiger partial charge in [-0.15, -0.1) is 10.2 Å². The molecule has 1 aromatic carbocycles. The quantitative estimate of drug-likeness (QED) is 0.751. The molecule has 0 saturated carbocycles. The molecular weight excluding hydrogens is 306 g/mol. The molecule has 0 aliphatic heterocycles. The van der Waals surface area contributed by atoms with Crippen molar-refractivity contribution < 1.29 is 9.47 Å². The van der Waals surface area contributed by atoms with E-state index in [0.29, 0.717) is 0 Å². The maximum Gasteiger partial charge on any atom is 0.206 e. The summed E-state index contributed by atoms with van der Waals surface area (Å²) in [4.78, 5) is 0. The van der Waals surface area contributed by atoms with Crippen molar-refractivity contribution in [1.82, 2.24) is 10.2 Å². The Bertz CT molecular complexity index is 575. The SMILES string of the molecule is CCSc1nnc(NCCc2ccc(OC)c(OC)c2)s1. The van der Waals surface area contributed by atoms with Crippen LogP contribution < -0.4 is 14.8 Å². The summed E-state index contributed by atoms with van der Waals surface area (Å²) in [6, 6.07) is 5.97. The van der Waals surface area contributed by atoms with E-state index in [1.54, 1.807) is 37.3 Å². The first-order chi connectivity index (χ1) is 10.3. The summed E-state index contributed by atoms with van der Waals surface area (Å²) in [5, 5.41) is 12.4. The van der Waals surface area contributed by atoms with Crippen molar-refractivity contribution in [2.75, 3.05) is 31.8 Å². The van der Waals surface area contributed by atoms with Crippen LogP contribution in [-0.2, 0) is 6.42 Å². The molecule has 0 atom stereocenters. The Hall–Kier alpha value is -1.47. The number of benzene rings is 1. The summed E-state index contributed by atoms with van der Waals surface area (Å²) in [6.45, 7) is 2.91. The van der Waals surface area contributed by atoms with E-state index in [1.165, 1.54) is 5.56 Å². The highest BCUT2D eigenvalue weighted by Crippen LogP contribution is 2.28. The van der Waals surface area contributed by atoms with Crippen molar-refractivity contribution in [2.24, 2.45) is 0 Å². The third-order valence-corrected chi connectivity index (χ3v) is 4.71. The Labute approximate surface area is 133 Å². The number of rotatable bonds is 8. The molecule has 0 amide bonds. The summed E-state index contributed by atoms with van der Waals surface area (Å²) in [5.41, 5.74) is 1.19. The first-order valence-corrected chi connectivity index (χ1v) is 8.48. The van der Waals surface area contributed by atoms with Crippen LogP contribution in [0.5, 0.6) is 11.5 Å². The average Bonchev–Trinajstić information content (AvgIpc) is 2.95. The van der Waals surface area contributed by atoms with Crippen LogP contribution in [-0.4, -0.2) is 36.7 Å². The van der Waals surface area contributed by atoms with Crippen LogP contribution in [0.4, 0.5) is 5.13 Å². The molecule has 0 unspecified atom stereocenters. The normalized spacial score (nSPS) is 10.4. The molecular formula is C14H19N3O2S2. The second-order valence-corrected chi connectivity index (χ2v) is 6.66. The lowest BCUT2D eigenvalue weighted by Gasteiger charge is -2.09. The molecule has 2 rings (SSSR count). The van der Waals surface area contributed by atoms with E-state index in [0.717, 1.165) is 39.7 Å². The molecule has 1 N–H and O–H groups in total. The monoisotopic (exact) mass is 325 g/mol. The number of aromatic nitrogens is 2. The fourth-order valence-corrected chi connectivity index (χ4v) is 3.49. The first-order valence-electron chi connectivity index (χ1n) is 6.68. The molecule has 0 radical (unpaired) electrons. The van der Waals surface area contributed by atoms with Crippen LogP contribution in [0.3, 0.4) is 0 Å². The molecule has 0 aliphatic carbocycles. The lowest BCUT2D eigenvalue weighted by molar-refractivity contribution is 0.354. The van der Waals surface area contributed by atoms with Gasteiger partial charge in [-0.25, -0.2) is 0 Å². The third-order valence-electron chi connectivity index (χ3n) is 2.81. The highest BCUT2D eigenvalue weighted by Gasteiger charge is 2.06. The molecule has 0 fully saturated rings. The summed E-state index contributed by atoms with van der Waals surface area (Å²) in [7, 11) is 3.29. The maximum atomic E-state index is 5.30. The largest absolute Gasteiger partial charge is 0.493 e. The minimum absolute atomic E-state index is 0.750. The Morgan fingerprint density at radius 3 is 2.71 bits per heavy atom. The van der Waals surface area contributed by atoms with Gasteiger partial charge in [-0.2, -0.15) is 0 Å². The second-order valence-electron chi connectivity index (χ2n) is 4.17. The van der Waals surface area contributed by atoms with E-state index in [4.69, 9.17) is 9.47 Å². The predicted octanol–water partition coefficient (Wildman–Crippen LogP) is 3.32. The maximum absolute atomic E-state index is 5.30. The molecule has 1 aromatic heterocycles. The Morgan fingerprint density at radius 1 is 1.19 bits per heavy atom. The van der Waals surface area contributed by atoms with Gasteiger partial charge >= 0.3 is 0 Å². The van der Waals surface area contributed by atoms with Crippen LogP contribution in [0.25, 0.3) is 0 Å². The fourth-order valence-electron chi connectivity index (χ4n) is 1.81. The molecule has 7 heteroatoms. The minimum Gasteiger partial charge on any atom is -0.493 e.